The van der Waals surface area contributed by atoms with Gasteiger partial charge in [0.15, 0.2) is 11.5 Å². The number of amidine groups is 1. The Morgan fingerprint density at radius 3 is 2.42 bits per heavy atom. The van der Waals surface area contributed by atoms with Gasteiger partial charge in [0.05, 0.1) is 13.2 Å². The van der Waals surface area contributed by atoms with Gasteiger partial charge in [0.1, 0.15) is 12.0 Å². The number of aryl methyl sites for hydroxylation is 1. The fourth-order valence-corrected chi connectivity index (χ4v) is 2.75. The summed E-state index contributed by atoms with van der Waals surface area (Å²) in [4.78, 5) is 4.51. The molecule has 1 heterocycles. The lowest BCUT2D eigenvalue weighted by Gasteiger charge is -2.46. The molecular weight excluding hydrogens is 304 g/mol. The van der Waals surface area contributed by atoms with E-state index in [9.17, 15) is 5.21 Å². The van der Waals surface area contributed by atoms with Crippen molar-refractivity contribution >= 4 is 5.84 Å². The summed E-state index contributed by atoms with van der Waals surface area (Å²) in [5, 5.41) is 13.5. The Hall–Kier alpha value is -2.53. The summed E-state index contributed by atoms with van der Waals surface area (Å²) in [6, 6.07) is 13.3. The van der Waals surface area contributed by atoms with Gasteiger partial charge in [0, 0.05) is 5.56 Å². The predicted molar refractivity (Wildman–Crippen MR) is 94.4 cm³/mol. The smallest absolute Gasteiger partial charge is 0.161 e. The van der Waals surface area contributed by atoms with Crippen molar-refractivity contribution in [2.24, 2.45) is 4.99 Å². The molecule has 2 aromatic carbocycles. The van der Waals surface area contributed by atoms with Crippen LogP contribution in [0.3, 0.4) is 0 Å². The molecule has 0 saturated heterocycles. The Bertz CT molecular complexity index is 758. The van der Waals surface area contributed by atoms with Crippen LogP contribution >= 0.6 is 0 Å². The average Bonchev–Trinajstić information content (AvgIpc) is 2.58. The van der Waals surface area contributed by atoms with Gasteiger partial charge in [0.2, 0.25) is 0 Å². The molecule has 3 rings (SSSR count). The molecule has 0 N–H and O–H groups in total. The molecule has 0 aliphatic carbocycles. The van der Waals surface area contributed by atoms with Gasteiger partial charge in [-0.1, -0.05) is 24.3 Å². The van der Waals surface area contributed by atoms with Crippen molar-refractivity contribution in [1.82, 2.24) is 5.06 Å². The number of aliphatic imine (C=N–C) groups is 1. The lowest BCUT2D eigenvalue weighted by atomic mass is 10.0. The van der Waals surface area contributed by atoms with Crippen molar-refractivity contribution in [1.29, 1.82) is 0 Å². The van der Waals surface area contributed by atoms with E-state index in [4.69, 9.17) is 9.47 Å². The van der Waals surface area contributed by atoms with E-state index < -0.39 is 6.17 Å². The second kappa shape index (κ2) is 6.93. The maximum absolute atomic E-state index is 12.5. The molecule has 1 atom stereocenters. The molecule has 24 heavy (non-hydrogen) atoms. The van der Waals surface area contributed by atoms with Gasteiger partial charge in [-0.2, -0.15) is 0 Å². The molecular formula is C19H21N2O3-. The van der Waals surface area contributed by atoms with Crippen LogP contribution in [0.5, 0.6) is 11.5 Å². The Labute approximate surface area is 142 Å². The minimum Gasteiger partial charge on any atom is -0.755 e. The molecule has 0 fully saturated rings. The van der Waals surface area contributed by atoms with Crippen LogP contribution in [0.4, 0.5) is 0 Å². The van der Waals surface area contributed by atoms with E-state index in [1.807, 2.05) is 63.2 Å². The Balaban J connectivity index is 1.89. The normalized spacial score (nSPS) is 16.4. The number of rotatable bonds is 6. The SMILES string of the molecule is CCOc1ccc(C2=NC(c3ccccc3C)N2[O-])cc1OCC. The van der Waals surface area contributed by atoms with Crippen LogP contribution in [-0.4, -0.2) is 24.1 Å². The summed E-state index contributed by atoms with van der Waals surface area (Å²) in [7, 11) is 0. The average molecular weight is 325 g/mol. The lowest BCUT2D eigenvalue weighted by Crippen LogP contribution is -2.39. The van der Waals surface area contributed by atoms with Crippen LogP contribution in [-0.2, 0) is 0 Å². The molecule has 2 aromatic rings. The predicted octanol–water partition coefficient (Wildman–Crippen LogP) is 4.05. The number of hydrogen-bond donors (Lipinski definition) is 0. The molecule has 0 aromatic heterocycles. The third kappa shape index (κ3) is 2.95. The topological polar surface area (TPSA) is 57.1 Å². The van der Waals surface area contributed by atoms with Crippen molar-refractivity contribution in [3.8, 4) is 11.5 Å². The Morgan fingerprint density at radius 2 is 1.75 bits per heavy atom. The molecule has 0 bridgehead atoms. The van der Waals surface area contributed by atoms with Crippen molar-refractivity contribution < 1.29 is 9.47 Å². The van der Waals surface area contributed by atoms with Crippen molar-refractivity contribution in [3.05, 3.63) is 64.4 Å². The quantitative estimate of drug-likeness (QED) is 0.804. The van der Waals surface area contributed by atoms with Gasteiger partial charge >= 0.3 is 0 Å². The zero-order chi connectivity index (χ0) is 17.1. The summed E-state index contributed by atoms with van der Waals surface area (Å²) in [6.07, 6.45) is -0.469. The number of ether oxygens (including phenoxy) is 2. The summed E-state index contributed by atoms with van der Waals surface area (Å²) in [6.45, 7) is 6.91. The highest BCUT2D eigenvalue weighted by molar-refractivity contribution is 6.02. The summed E-state index contributed by atoms with van der Waals surface area (Å²) >= 11 is 0. The minimum absolute atomic E-state index is 0.423. The van der Waals surface area contributed by atoms with Gasteiger partial charge in [-0.25, -0.2) is 4.99 Å². The standard InChI is InChI=1S/C19H21N2O3/c1-4-23-16-11-10-14(12-17(16)24-5-2)18-20-19(21(18)22)15-9-7-6-8-13(15)3/h6-12,19H,4-5H2,1-3H3/q-1. The Kier molecular flexibility index (Phi) is 4.71. The van der Waals surface area contributed by atoms with Gasteiger partial charge in [-0.3, -0.25) is 0 Å². The van der Waals surface area contributed by atoms with Crippen molar-refractivity contribution in [3.63, 3.8) is 0 Å². The van der Waals surface area contributed by atoms with Gasteiger partial charge in [-0.05, 0) is 50.1 Å². The first-order valence-corrected chi connectivity index (χ1v) is 8.15. The molecule has 1 unspecified atom stereocenters. The molecule has 1 aliphatic heterocycles. The van der Waals surface area contributed by atoms with Crippen LogP contribution in [0.2, 0.25) is 0 Å². The highest BCUT2D eigenvalue weighted by atomic mass is 16.5. The molecule has 0 spiro atoms. The molecule has 0 amide bonds. The molecule has 0 saturated carbocycles. The minimum atomic E-state index is -0.469. The first kappa shape index (κ1) is 16.3. The van der Waals surface area contributed by atoms with Crippen LogP contribution < -0.4 is 9.47 Å². The zero-order valence-electron chi connectivity index (χ0n) is 14.2. The van der Waals surface area contributed by atoms with Crippen LogP contribution in [0.25, 0.3) is 0 Å². The van der Waals surface area contributed by atoms with Gasteiger partial charge in [-0.15, -0.1) is 0 Å². The van der Waals surface area contributed by atoms with E-state index in [1.165, 1.54) is 0 Å². The number of nitrogens with zero attached hydrogens (tertiary/aromatic N) is 2. The second-order valence-electron chi connectivity index (χ2n) is 5.54. The van der Waals surface area contributed by atoms with E-state index in [0.717, 1.165) is 21.8 Å². The van der Waals surface area contributed by atoms with E-state index in [1.54, 1.807) is 0 Å². The number of benzene rings is 2. The molecule has 126 valence electrons. The second-order valence-corrected chi connectivity index (χ2v) is 5.54. The van der Waals surface area contributed by atoms with Crippen molar-refractivity contribution in [2.45, 2.75) is 26.9 Å². The molecule has 5 heteroatoms. The molecule has 0 radical (unpaired) electrons. The summed E-state index contributed by atoms with van der Waals surface area (Å²) < 4.78 is 11.2. The molecule has 5 nitrogen and oxygen atoms in total. The number of hydrogen-bond acceptors (Lipinski definition) is 5. The summed E-state index contributed by atoms with van der Waals surface area (Å²) in [5.74, 6) is 1.73. The van der Waals surface area contributed by atoms with Gasteiger partial charge in [0.25, 0.3) is 0 Å². The van der Waals surface area contributed by atoms with E-state index in [-0.39, 0.29) is 0 Å². The highest BCUT2D eigenvalue weighted by Gasteiger charge is 2.27. The van der Waals surface area contributed by atoms with E-state index >= 15 is 0 Å². The first-order valence-electron chi connectivity index (χ1n) is 8.15. The third-order valence-corrected chi connectivity index (χ3v) is 3.94. The van der Waals surface area contributed by atoms with E-state index in [0.29, 0.717) is 30.5 Å². The van der Waals surface area contributed by atoms with Crippen LogP contribution in [0.1, 0.15) is 36.7 Å². The van der Waals surface area contributed by atoms with E-state index in [2.05, 4.69) is 4.99 Å². The van der Waals surface area contributed by atoms with Gasteiger partial charge < -0.3 is 19.7 Å². The van der Waals surface area contributed by atoms with Crippen LogP contribution in [0, 0.1) is 12.1 Å². The van der Waals surface area contributed by atoms with Crippen LogP contribution in [0.15, 0.2) is 47.5 Å². The molecule has 1 aliphatic rings. The van der Waals surface area contributed by atoms with Crippen molar-refractivity contribution in [2.75, 3.05) is 13.2 Å². The number of hydroxylamine groups is 2. The maximum Gasteiger partial charge on any atom is 0.161 e. The monoisotopic (exact) mass is 325 g/mol. The Morgan fingerprint density at radius 1 is 1.04 bits per heavy atom. The maximum atomic E-state index is 12.5. The summed E-state index contributed by atoms with van der Waals surface area (Å²) in [5.41, 5.74) is 2.74. The first-order chi connectivity index (χ1) is 11.7. The fraction of sp³-hybridized carbons (Fsp3) is 0.316. The highest BCUT2D eigenvalue weighted by Crippen LogP contribution is 2.36. The zero-order valence-corrected chi connectivity index (χ0v) is 14.2. The third-order valence-electron chi connectivity index (χ3n) is 3.94. The lowest BCUT2D eigenvalue weighted by molar-refractivity contribution is 0.287. The fourth-order valence-electron chi connectivity index (χ4n) is 2.75. The largest absolute Gasteiger partial charge is 0.755 e.